The maximum absolute atomic E-state index is 13.2. The van der Waals surface area contributed by atoms with Crippen LogP contribution < -0.4 is 10.3 Å². The number of aromatic nitrogens is 2. The number of hydrogen-bond donors (Lipinski definition) is 0. The van der Waals surface area contributed by atoms with Crippen LogP contribution in [0.3, 0.4) is 0 Å². The number of nitrogens with zero attached hydrogens (tertiary/aromatic N) is 3. The Balaban J connectivity index is 2.03. The molecule has 0 aliphatic heterocycles. The van der Waals surface area contributed by atoms with E-state index in [9.17, 15) is 4.79 Å². The Morgan fingerprint density at radius 1 is 1.16 bits per heavy atom. The predicted molar refractivity (Wildman–Crippen MR) is 138 cm³/mol. The number of rotatable bonds is 8. The molecule has 0 radical (unpaired) electrons. The zero-order valence-corrected chi connectivity index (χ0v) is 22.4. The molecule has 0 aliphatic rings. The maximum Gasteiger partial charge on any atom is 0.282 e. The Kier molecular flexibility index (Phi) is 8.47. The van der Waals surface area contributed by atoms with Gasteiger partial charge in [0.05, 0.1) is 32.2 Å². The zero-order valence-electron chi connectivity index (χ0n) is 17.7. The van der Waals surface area contributed by atoms with Gasteiger partial charge in [-0.25, -0.2) is 4.98 Å². The topological polar surface area (TPSA) is 56.5 Å². The molecule has 164 valence electrons. The summed E-state index contributed by atoms with van der Waals surface area (Å²) in [6, 6.07) is 9.38. The highest BCUT2D eigenvalue weighted by molar-refractivity contribution is 9.11. The molecule has 3 aromatic rings. The van der Waals surface area contributed by atoms with E-state index in [0.29, 0.717) is 23.1 Å². The Labute approximate surface area is 207 Å². The molecule has 0 amide bonds. The van der Waals surface area contributed by atoms with Crippen LogP contribution in [-0.4, -0.2) is 22.0 Å². The lowest BCUT2D eigenvalue weighted by molar-refractivity contribution is 0.214. The third-order valence-electron chi connectivity index (χ3n) is 4.87. The molecule has 0 bridgehead atoms. The van der Waals surface area contributed by atoms with Crippen molar-refractivity contribution in [3.8, 4) is 5.75 Å². The van der Waals surface area contributed by atoms with E-state index in [1.807, 2.05) is 31.2 Å². The molecular formula is C23H24Br3N3O2. The van der Waals surface area contributed by atoms with Gasteiger partial charge in [-0.15, -0.1) is 0 Å². The quantitative estimate of drug-likeness (QED) is 0.255. The molecule has 1 aromatic heterocycles. The summed E-state index contributed by atoms with van der Waals surface area (Å²) in [5, 5.41) is 5.05. The molecule has 31 heavy (non-hydrogen) atoms. The lowest BCUT2D eigenvalue weighted by Crippen LogP contribution is -2.22. The van der Waals surface area contributed by atoms with Crippen LogP contribution >= 0.6 is 47.8 Å². The molecule has 0 unspecified atom stereocenters. The second-order valence-electron chi connectivity index (χ2n) is 7.30. The molecule has 2 aromatic carbocycles. The minimum absolute atomic E-state index is 0.106. The Morgan fingerprint density at radius 3 is 2.52 bits per heavy atom. The van der Waals surface area contributed by atoms with Crippen molar-refractivity contribution in [2.75, 3.05) is 0 Å². The van der Waals surface area contributed by atoms with Crippen LogP contribution in [0.15, 0.2) is 53.6 Å². The highest BCUT2D eigenvalue weighted by Gasteiger charge is 2.13. The molecule has 8 heteroatoms. The molecule has 0 saturated carbocycles. The number of aryl methyl sites for hydroxylation is 1. The summed E-state index contributed by atoms with van der Waals surface area (Å²) in [6.07, 6.45) is 5.32. The van der Waals surface area contributed by atoms with Crippen LogP contribution in [0.2, 0.25) is 0 Å². The number of ether oxygens (including phenoxy) is 1. The fourth-order valence-electron chi connectivity index (χ4n) is 2.99. The van der Waals surface area contributed by atoms with Crippen molar-refractivity contribution in [1.82, 2.24) is 9.66 Å². The number of unbranched alkanes of at least 4 members (excludes halogenated alkanes) is 1. The molecule has 0 fully saturated rings. The van der Waals surface area contributed by atoms with E-state index in [2.05, 4.69) is 66.7 Å². The van der Waals surface area contributed by atoms with Crippen molar-refractivity contribution >= 4 is 64.9 Å². The summed E-state index contributed by atoms with van der Waals surface area (Å²) >= 11 is 10.6. The van der Waals surface area contributed by atoms with E-state index in [-0.39, 0.29) is 11.7 Å². The second-order valence-corrected chi connectivity index (χ2v) is 9.93. The van der Waals surface area contributed by atoms with Crippen molar-refractivity contribution in [2.45, 2.75) is 52.6 Å². The molecule has 5 nitrogen and oxygen atoms in total. The summed E-state index contributed by atoms with van der Waals surface area (Å²) in [5.41, 5.74) is 1.34. The largest absolute Gasteiger partial charge is 0.488 e. The molecule has 0 aliphatic carbocycles. The van der Waals surface area contributed by atoms with Gasteiger partial charge in [-0.3, -0.25) is 4.79 Å². The summed E-state index contributed by atoms with van der Waals surface area (Å²) in [5.74, 6) is 1.41. The summed E-state index contributed by atoms with van der Waals surface area (Å²) in [6.45, 7) is 6.23. The maximum atomic E-state index is 13.2. The standard InChI is InChI=1S/C23H24Br3N3O2/c1-4-6-7-21-28-20-9-8-16(24)12-17(20)23(30)29(21)27-13-15-10-18(25)22(19(26)11-15)31-14(3)5-2/h8-14H,4-7H2,1-3H3/t14-/m1/s1. The van der Waals surface area contributed by atoms with E-state index in [1.165, 1.54) is 4.68 Å². The van der Waals surface area contributed by atoms with Gasteiger partial charge in [0.15, 0.2) is 0 Å². The highest BCUT2D eigenvalue weighted by Crippen LogP contribution is 2.35. The van der Waals surface area contributed by atoms with E-state index in [4.69, 9.17) is 9.72 Å². The first-order valence-electron chi connectivity index (χ1n) is 10.2. The number of hydrogen-bond acceptors (Lipinski definition) is 4. The normalized spacial score (nSPS) is 12.6. The molecule has 0 saturated heterocycles. The van der Waals surface area contributed by atoms with E-state index in [1.54, 1.807) is 12.3 Å². The van der Waals surface area contributed by atoms with Crippen molar-refractivity contribution in [1.29, 1.82) is 0 Å². The summed E-state index contributed by atoms with van der Waals surface area (Å²) in [4.78, 5) is 17.9. The Bertz CT molecular complexity index is 1150. The first kappa shape index (κ1) is 24.1. The average Bonchev–Trinajstić information content (AvgIpc) is 2.74. The monoisotopic (exact) mass is 611 g/mol. The van der Waals surface area contributed by atoms with Crippen LogP contribution in [0.1, 0.15) is 51.4 Å². The average molecular weight is 614 g/mol. The number of benzene rings is 2. The van der Waals surface area contributed by atoms with Crippen LogP contribution in [0, 0.1) is 0 Å². The SMILES string of the molecule is CCCCc1nc2ccc(Br)cc2c(=O)n1N=Cc1cc(Br)c(O[C@H](C)CC)c(Br)c1. The van der Waals surface area contributed by atoms with Gasteiger partial charge in [-0.2, -0.15) is 9.78 Å². The fraction of sp³-hybridized carbons (Fsp3) is 0.348. The van der Waals surface area contributed by atoms with Crippen molar-refractivity contribution < 1.29 is 4.74 Å². The van der Waals surface area contributed by atoms with Crippen molar-refractivity contribution in [3.63, 3.8) is 0 Å². The van der Waals surface area contributed by atoms with Gasteiger partial charge in [-0.05, 0) is 87.5 Å². The number of halogens is 3. The number of fused-ring (bicyclic) bond motifs is 1. The van der Waals surface area contributed by atoms with Gasteiger partial charge in [0.2, 0.25) is 0 Å². The molecular weight excluding hydrogens is 590 g/mol. The van der Waals surface area contributed by atoms with Gasteiger partial charge >= 0.3 is 0 Å². The van der Waals surface area contributed by atoms with Crippen LogP contribution in [-0.2, 0) is 6.42 Å². The molecule has 3 rings (SSSR count). The second kappa shape index (κ2) is 10.9. The third kappa shape index (κ3) is 5.84. The zero-order chi connectivity index (χ0) is 22.5. The Morgan fingerprint density at radius 2 is 1.87 bits per heavy atom. The van der Waals surface area contributed by atoms with Crippen LogP contribution in [0.25, 0.3) is 10.9 Å². The molecule has 1 heterocycles. The fourth-order valence-corrected chi connectivity index (χ4v) is 4.76. The van der Waals surface area contributed by atoms with E-state index < -0.39 is 0 Å². The van der Waals surface area contributed by atoms with Crippen molar-refractivity contribution in [3.05, 3.63) is 65.5 Å². The summed E-state index contributed by atoms with van der Waals surface area (Å²) in [7, 11) is 0. The van der Waals surface area contributed by atoms with Crippen LogP contribution in [0.5, 0.6) is 5.75 Å². The van der Waals surface area contributed by atoms with E-state index >= 15 is 0 Å². The molecule has 0 N–H and O–H groups in total. The van der Waals surface area contributed by atoms with Crippen molar-refractivity contribution in [2.24, 2.45) is 5.10 Å². The summed E-state index contributed by atoms with van der Waals surface area (Å²) < 4.78 is 9.87. The van der Waals surface area contributed by atoms with Gasteiger partial charge < -0.3 is 4.74 Å². The smallest absolute Gasteiger partial charge is 0.282 e. The van der Waals surface area contributed by atoms with Gasteiger partial charge in [0.1, 0.15) is 11.6 Å². The predicted octanol–water partition coefficient (Wildman–Crippen LogP) is 7.09. The van der Waals surface area contributed by atoms with Crippen LogP contribution in [0.4, 0.5) is 0 Å². The highest BCUT2D eigenvalue weighted by atomic mass is 79.9. The first-order valence-corrected chi connectivity index (χ1v) is 12.6. The minimum atomic E-state index is -0.177. The Hall–Kier alpha value is -1.51. The molecule has 0 spiro atoms. The van der Waals surface area contributed by atoms with Gasteiger partial charge in [0.25, 0.3) is 5.56 Å². The first-order chi connectivity index (χ1) is 14.8. The van der Waals surface area contributed by atoms with E-state index in [0.717, 1.165) is 44.0 Å². The lowest BCUT2D eigenvalue weighted by Gasteiger charge is -2.16. The molecule has 1 atom stereocenters. The third-order valence-corrected chi connectivity index (χ3v) is 6.54. The lowest BCUT2D eigenvalue weighted by atomic mass is 10.2. The van der Waals surface area contributed by atoms with Gasteiger partial charge in [0, 0.05) is 10.9 Å². The van der Waals surface area contributed by atoms with Gasteiger partial charge in [-0.1, -0.05) is 36.2 Å². The minimum Gasteiger partial charge on any atom is -0.488 e.